The maximum absolute atomic E-state index is 12.0. The number of nitrogens with one attached hydrogen (secondary N) is 1. The number of carbonyl (C=O) groups is 3. The highest BCUT2D eigenvalue weighted by Crippen LogP contribution is 2.14. The van der Waals surface area contributed by atoms with Gasteiger partial charge in [0.25, 0.3) is 0 Å². The lowest BCUT2D eigenvalue weighted by Crippen LogP contribution is -2.14. The Labute approximate surface area is 139 Å². The maximum atomic E-state index is 12.0. The van der Waals surface area contributed by atoms with Crippen molar-refractivity contribution in [2.24, 2.45) is 0 Å². The van der Waals surface area contributed by atoms with Crippen LogP contribution in [0.15, 0.2) is 48.5 Å². The molecule has 6 nitrogen and oxygen atoms in total. The molecule has 0 aliphatic carbocycles. The number of Topliss-reactive ketones (excluding diaryl/α,β-unsaturated/α-hetero) is 1. The van der Waals surface area contributed by atoms with Gasteiger partial charge < -0.3 is 14.8 Å². The minimum Gasteiger partial charge on any atom is -0.497 e. The Morgan fingerprint density at radius 1 is 1.00 bits per heavy atom. The molecule has 0 spiro atoms. The van der Waals surface area contributed by atoms with Crippen molar-refractivity contribution in [1.82, 2.24) is 0 Å². The molecule has 24 heavy (non-hydrogen) atoms. The van der Waals surface area contributed by atoms with Crippen molar-refractivity contribution < 1.29 is 23.9 Å². The summed E-state index contributed by atoms with van der Waals surface area (Å²) in [7, 11) is 1.50. The fourth-order valence-electron chi connectivity index (χ4n) is 1.99. The summed E-state index contributed by atoms with van der Waals surface area (Å²) in [6, 6.07) is 12.8. The van der Waals surface area contributed by atoms with Crippen molar-refractivity contribution in [2.45, 2.75) is 6.92 Å². The van der Waals surface area contributed by atoms with Crippen molar-refractivity contribution in [2.75, 3.05) is 19.0 Å². The molecule has 0 atom stereocenters. The van der Waals surface area contributed by atoms with Gasteiger partial charge in [0.2, 0.25) is 5.91 Å². The van der Waals surface area contributed by atoms with E-state index in [9.17, 15) is 14.4 Å². The highest BCUT2D eigenvalue weighted by Gasteiger charge is 2.12. The van der Waals surface area contributed by atoms with Crippen molar-refractivity contribution >= 4 is 23.3 Å². The maximum Gasteiger partial charge on any atom is 0.338 e. The van der Waals surface area contributed by atoms with E-state index in [2.05, 4.69) is 5.32 Å². The second-order valence-electron chi connectivity index (χ2n) is 4.99. The van der Waals surface area contributed by atoms with Crippen LogP contribution in [-0.4, -0.2) is 31.4 Å². The van der Waals surface area contributed by atoms with Crippen LogP contribution in [-0.2, 0) is 9.53 Å². The molecule has 1 N–H and O–H groups in total. The third kappa shape index (κ3) is 4.67. The molecule has 0 radical (unpaired) electrons. The van der Waals surface area contributed by atoms with E-state index in [0.29, 0.717) is 22.6 Å². The minimum absolute atomic E-state index is 0.193. The predicted molar refractivity (Wildman–Crippen MR) is 88.4 cm³/mol. The predicted octanol–water partition coefficient (Wildman–Crippen LogP) is 2.69. The molecule has 0 fully saturated rings. The first-order chi connectivity index (χ1) is 11.5. The molecule has 0 aromatic heterocycles. The smallest absolute Gasteiger partial charge is 0.338 e. The van der Waals surface area contributed by atoms with Gasteiger partial charge in [-0.2, -0.15) is 0 Å². The molecule has 0 unspecified atom stereocenters. The number of anilines is 1. The van der Waals surface area contributed by atoms with E-state index in [1.807, 2.05) is 0 Å². The Balaban J connectivity index is 1.94. The Bertz CT molecular complexity index is 752. The first-order valence-corrected chi connectivity index (χ1v) is 7.21. The summed E-state index contributed by atoms with van der Waals surface area (Å²) < 4.78 is 10.1. The topological polar surface area (TPSA) is 81.7 Å². The zero-order valence-corrected chi connectivity index (χ0v) is 13.4. The average molecular weight is 327 g/mol. The van der Waals surface area contributed by atoms with Crippen LogP contribution in [0.4, 0.5) is 5.69 Å². The Morgan fingerprint density at radius 3 is 2.33 bits per heavy atom. The molecule has 0 aliphatic rings. The van der Waals surface area contributed by atoms with Crippen molar-refractivity contribution in [1.29, 1.82) is 0 Å². The molecule has 2 aromatic rings. The van der Waals surface area contributed by atoms with Crippen molar-refractivity contribution in [3.05, 3.63) is 59.7 Å². The zero-order valence-electron chi connectivity index (χ0n) is 13.4. The Kier molecular flexibility index (Phi) is 5.68. The first kappa shape index (κ1) is 17.2. The lowest BCUT2D eigenvalue weighted by Gasteiger charge is -2.07. The van der Waals surface area contributed by atoms with Crippen LogP contribution in [0.25, 0.3) is 0 Å². The fraction of sp³-hybridized carbons (Fsp3) is 0.167. The SMILES string of the molecule is COc1cccc(C(=O)OCC(=O)c2ccc(NC(C)=O)cc2)c1. The fourth-order valence-corrected chi connectivity index (χ4v) is 1.99. The van der Waals surface area contributed by atoms with Gasteiger partial charge in [0.05, 0.1) is 12.7 Å². The van der Waals surface area contributed by atoms with E-state index in [1.54, 1.807) is 42.5 Å². The number of carbonyl (C=O) groups excluding carboxylic acids is 3. The molecule has 1 amide bonds. The van der Waals surface area contributed by atoms with Gasteiger partial charge in [-0.1, -0.05) is 6.07 Å². The number of amides is 1. The summed E-state index contributed by atoms with van der Waals surface area (Å²) in [4.78, 5) is 34.9. The molecule has 0 saturated carbocycles. The number of ether oxygens (including phenoxy) is 2. The molecule has 2 rings (SSSR count). The first-order valence-electron chi connectivity index (χ1n) is 7.21. The summed E-state index contributed by atoms with van der Waals surface area (Å²) in [5.74, 6) is -0.594. The number of benzene rings is 2. The molecule has 0 aliphatic heterocycles. The number of hydrogen-bond acceptors (Lipinski definition) is 5. The van der Waals surface area contributed by atoms with E-state index in [1.165, 1.54) is 20.1 Å². The van der Waals surface area contributed by atoms with Gasteiger partial charge in [0, 0.05) is 18.2 Å². The Morgan fingerprint density at radius 2 is 1.71 bits per heavy atom. The van der Waals surface area contributed by atoms with Crippen LogP contribution >= 0.6 is 0 Å². The van der Waals surface area contributed by atoms with Gasteiger partial charge in [-0.25, -0.2) is 4.79 Å². The largest absolute Gasteiger partial charge is 0.497 e. The molecular weight excluding hydrogens is 310 g/mol. The third-order valence-electron chi connectivity index (χ3n) is 3.17. The summed E-state index contributed by atoms with van der Waals surface area (Å²) >= 11 is 0. The zero-order chi connectivity index (χ0) is 17.5. The van der Waals surface area contributed by atoms with Gasteiger partial charge in [0.15, 0.2) is 12.4 Å². The average Bonchev–Trinajstić information content (AvgIpc) is 2.59. The van der Waals surface area contributed by atoms with E-state index in [4.69, 9.17) is 9.47 Å². The van der Waals surface area contributed by atoms with Gasteiger partial charge in [-0.15, -0.1) is 0 Å². The summed E-state index contributed by atoms with van der Waals surface area (Å²) in [6.07, 6.45) is 0. The van der Waals surface area contributed by atoms with Gasteiger partial charge >= 0.3 is 5.97 Å². The number of hydrogen-bond donors (Lipinski definition) is 1. The van der Waals surface area contributed by atoms with Crippen LogP contribution < -0.4 is 10.1 Å². The van der Waals surface area contributed by atoms with Crippen LogP contribution in [0, 0.1) is 0 Å². The number of ketones is 1. The van der Waals surface area contributed by atoms with E-state index in [-0.39, 0.29) is 18.3 Å². The quantitative estimate of drug-likeness (QED) is 0.651. The van der Waals surface area contributed by atoms with Crippen molar-refractivity contribution in [3.8, 4) is 5.75 Å². The monoisotopic (exact) mass is 327 g/mol. The minimum atomic E-state index is -0.600. The number of esters is 1. The molecule has 0 saturated heterocycles. The molecule has 0 bridgehead atoms. The van der Waals surface area contributed by atoms with Gasteiger partial charge in [-0.3, -0.25) is 9.59 Å². The second-order valence-corrected chi connectivity index (χ2v) is 4.99. The molecule has 2 aromatic carbocycles. The highest BCUT2D eigenvalue weighted by molar-refractivity contribution is 6.00. The molecule has 0 heterocycles. The van der Waals surface area contributed by atoms with Crippen molar-refractivity contribution in [3.63, 3.8) is 0 Å². The van der Waals surface area contributed by atoms with Crippen LogP contribution in [0.1, 0.15) is 27.6 Å². The summed E-state index contributed by atoms with van der Waals surface area (Å²) in [5, 5.41) is 2.61. The number of rotatable bonds is 6. The lowest BCUT2D eigenvalue weighted by molar-refractivity contribution is -0.114. The number of methoxy groups -OCH3 is 1. The second kappa shape index (κ2) is 7.92. The normalized spacial score (nSPS) is 9.92. The van der Waals surface area contributed by atoms with E-state index >= 15 is 0 Å². The third-order valence-corrected chi connectivity index (χ3v) is 3.17. The van der Waals surface area contributed by atoms with Crippen LogP contribution in [0.3, 0.4) is 0 Å². The molecule has 124 valence electrons. The molecule has 6 heteroatoms. The summed E-state index contributed by atoms with van der Waals surface area (Å²) in [5.41, 5.74) is 1.29. The lowest BCUT2D eigenvalue weighted by atomic mass is 10.1. The van der Waals surface area contributed by atoms with E-state index < -0.39 is 5.97 Å². The molecular formula is C18H17NO5. The van der Waals surface area contributed by atoms with Gasteiger partial charge in [0.1, 0.15) is 5.75 Å². The highest BCUT2D eigenvalue weighted by atomic mass is 16.5. The summed E-state index contributed by atoms with van der Waals surface area (Å²) in [6.45, 7) is 1.03. The van der Waals surface area contributed by atoms with Gasteiger partial charge in [-0.05, 0) is 42.5 Å². The van der Waals surface area contributed by atoms with Crippen LogP contribution in [0.2, 0.25) is 0 Å². The standard InChI is InChI=1S/C18H17NO5/c1-12(20)19-15-8-6-13(7-9-15)17(21)11-24-18(22)14-4-3-5-16(10-14)23-2/h3-10H,11H2,1-2H3,(H,19,20). The van der Waals surface area contributed by atoms with Crippen LogP contribution in [0.5, 0.6) is 5.75 Å². The Hall–Kier alpha value is -3.15. The van der Waals surface area contributed by atoms with E-state index in [0.717, 1.165) is 0 Å².